The van der Waals surface area contributed by atoms with Crippen molar-refractivity contribution in [3.8, 4) is 0 Å². The Balaban J connectivity index is 1.59. The minimum atomic E-state index is 0.00197. The fourth-order valence-corrected chi connectivity index (χ4v) is 2.16. The molecule has 0 spiro atoms. The van der Waals surface area contributed by atoms with Gasteiger partial charge < -0.3 is 9.47 Å². The van der Waals surface area contributed by atoms with Crippen molar-refractivity contribution in [3.05, 3.63) is 60.7 Å². The fraction of sp³-hybridized carbons (Fsp3) is 0.375. The first-order valence-electron chi connectivity index (χ1n) is 6.50. The molecular weight excluding hydrogens is 260 g/mol. The molecule has 1 aliphatic rings. The zero-order valence-corrected chi connectivity index (χ0v) is 11.6. The summed E-state index contributed by atoms with van der Waals surface area (Å²) in [6.45, 7) is 4.88. The van der Waals surface area contributed by atoms with E-state index in [1.54, 1.807) is 6.08 Å². The van der Waals surface area contributed by atoms with E-state index >= 15 is 0 Å². The number of benzene rings is 1. The number of halogens is 1. The summed E-state index contributed by atoms with van der Waals surface area (Å²) in [5, 5.41) is 0.00197. The first-order chi connectivity index (χ1) is 9.29. The van der Waals surface area contributed by atoms with Gasteiger partial charge >= 0.3 is 0 Å². The normalized spacial score (nSPS) is 23.4. The van der Waals surface area contributed by atoms with E-state index in [9.17, 15) is 0 Å². The van der Waals surface area contributed by atoms with Gasteiger partial charge in [0.15, 0.2) is 0 Å². The highest BCUT2D eigenvalue weighted by Crippen LogP contribution is 2.29. The first-order valence-corrected chi connectivity index (χ1v) is 6.93. The van der Waals surface area contributed by atoms with Gasteiger partial charge in [0.1, 0.15) is 6.10 Å². The zero-order chi connectivity index (χ0) is 13.5. The lowest BCUT2D eigenvalue weighted by molar-refractivity contribution is 0.104. The number of alkyl halides is 1. The van der Waals surface area contributed by atoms with Crippen LogP contribution in [-0.4, -0.2) is 24.2 Å². The summed E-state index contributed by atoms with van der Waals surface area (Å²) in [7, 11) is 0. The predicted molar refractivity (Wildman–Crippen MR) is 78.4 cm³/mol. The van der Waals surface area contributed by atoms with E-state index in [4.69, 9.17) is 21.1 Å². The molecule has 1 heterocycles. The Morgan fingerprint density at radius 1 is 1.32 bits per heavy atom. The van der Waals surface area contributed by atoms with Gasteiger partial charge in [0, 0.05) is 0 Å². The number of hydrogen-bond donors (Lipinski definition) is 0. The van der Waals surface area contributed by atoms with E-state index in [-0.39, 0.29) is 17.6 Å². The summed E-state index contributed by atoms with van der Waals surface area (Å²) < 4.78 is 11.2. The fourth-order valence-electron chi connectivity index (χ4n) is 1.90. The second-order valence-corrected chi connectivity index (χ2v) is 5.15. The summed E-state index contributed by atoms with van der Waals surface area (Å²) in [4.78, 5) is 0. The molecule has 0 saturated carbocycles. The maximum atomic E-state index is 6.13. The summed E-state index contributed by atoms with van der Waals surface area (Å²) >= 11 is 6.13. The second kappa shape index (κ2) is 7.49. The van der Waals surface area contributed by atoms with E-state index in [0.29, 0.717) is 13.2 Å². The van der Waals surface area contributed by atoms with Crippen molar-refractivity contribution in [3.63, 3.8) is 0 Å². The molecule has 3 unspecified atom stereocenters. The largest absolute Gasteiger partial charge is 0.374 e. The third-order valence-corrected chi connectivity index (χ3v) is 3.32. The Bertz CT molecular complexity index is 416. The van der Waals surface area contributed by atoms with E-state index in [2.05, 4.69) is 18.7 Å². The number of allylic oxidation sites excluding steroid dienone is 3. The van der Waals surface area contributed by atoms with Crippen LogP contribution in [-0.2, 0) is 16.1 Å². The minimum absolute atomic E-state index is 0.00197. The third kappa shape index (κ3) is 5.19. The maximum absolute atomic E-state index is 6.13. The van der Waals surface area contributed by atoms with Gasteiger partial charge in [0.05, 0.1) is 24.7 Å². The monoisotopic (exact) mass is 278 g/mol. The Morgan fingerprint density at radius 3 is 2.84 bits per heavy atom. The van der Waals surface area contributed by atoms with Gasteiger partial charge in [-0.05, 0) is 12.0 Å². The molecule has 0 aliphatic carbocycles. The number of hydrogen-bond acceptors (Lipinski definition) is 2. The molecule has 1 fully saturated rings. The van der Waals surface area contributed by atoms with Crippen molar-refractivity contribution in [2.24, 2.45) is 0 Å². The maximum Gasteiger partial charge on any atom is 0.107 e. The van der Waals surface area contributed by atoms with Crippen LogP contribution in [0.3, 0.4) is 0 Å². The van der Waals surface area contributed by atoms with Gasteiger partial charge in [-0.15, -0.1) is 11.6 Å². The van der Waals surface area contributed by atoms with Crippen LogP contribution in [0.1, 0.15) is 12.0 Å². The molecule has 1 aliphatic heterocycles. The van der Waals surface area contributed by atoms with Crippen molar-refractivity contribution < 1.29 is 9.47 Å². The summed E-state index contributed by atoms with van der Waals surface area (Å²) in [6, 6.07) is 10.1. The molecule has 0 amide bonds. The Hall–Kier alpha value is -1.09. The lowest BCUT2D eigenvalue weighted by atomic mass is 10.2. The van der Waals surface area contributed by atoms with Crippen LogP contribution in [0.25, 0.3) is 0 Å². The van der Waals surface area contributed by atoms with E-state index in [0.717, 1.165) is 6.42 Å². The zero-order valence-electron chi connectivity index (χ0n) is 10.9. The van der Waals surface area contributed by atoms with Gasteiger partial charge in [0.2, 0.25) is 0 Å². The van der Waals surface area contributed by atoms with Gasteiger partial charge in [-0.1, -0.05) is 55.1 Å². The standard InChI is InChI=1S/C16H19ClO2/c1-2-3-9-14(17)10-15-16(19-15)12-18-11-13-7-5-4-6-8-13/h2-9,14-16H,1,10-12H2/b9-3-. The highest BCUT2D eigenvalue weighted by Gasteiger charge is 2.39. The van der Waals surface area contributed by atoms with Crippen LogP contribution >= 0.6 is 11.6 Å². The molecule has 3 heteroatoms. The molecule has 2 rings (SSSR count). The molecule has 102 valence electrons. The van der Waals surface area contributed by atoms with E-state index in [1.807, 2.05) is 30.4 Å². The molecule has 3 atom stereocenters. The van der Waals surface area contributed by atoms with E-state index < -0.39 is 0 Å². The Labute approximate surface area is 119 Å². The van der Waals surface area contributed by atoms with Crippen molar-refractivity contribution in [1.29, 1.82) is 0 Å². The minimum Gasteiger partial charge on any atom is -0.374 e. The molecule has 0 radical (unpaired) electrons. The van der Waals surface area contributed by atoms with Crippen LogP contribution < -0.4 is 0 Å². The van der Waals surface area contributed by atoms with Gasteiger partial charge in [-0.2, -0.15) is 0 Å². The van der Waals surface area contributed by atoms with Crippen molar-refractivity contribution >= 4 is 11.6 Å². The molecule has 1 aromatic carbocycles. The average Bonchev–Trinajstić information content (AvgIpc) is 3.16. The number of rotatable bonds is 8. The molecule has 1 saturated heterocycles. The summed E-state index contributed by atoms with van der Waals surface area (Å²) in [5.74, 6) is 0. The summed E-state index contributed by atoms with van der Waals surface area (Å²) in [6.07, 6.45) is 6.77. The molecule has 0 N–H and O–H groups in total. The van der Waals surface area contributed by atoms with Crippen LogP contribution in [0.2, 0.25) is 0 Å². The van der Waals surface area contributed by atoms with Crippen LogP contribution in [0.5, 0.6) is 0 Å². The van der Waals surface area contributed by atoms with Crippen LogP contribution in [0.15, 0.2) is 55.1 Å². The van der Waals surface area contributed by atoms with E-state index in [1.165, 1.54) is 5.56 Å². The Kier molecular flexibility index (Phi) is 5.64. The second-order valence-electron chi connectivity index (χ2n) is 4.59. The van der Waals surface area contributed by atoms with Crippen molar-refractivity contribution in [2.45, 2.75) is 30.6 Å². The molecule has 1 aromatic rings. The first kappa shape index (κ1) is 14.3. The molecular formula is C16H19ClO2. The predicted octanol–water partition coefficient (Wildman–Crippen LogP) is 3.71. The van der Waals surface area contributed by atoms with Gasteiger partial charge in [0.25, 0.3) is 0 Å². The molecule has 19 heavy (non-hydrogen) atoms. The lowest BCUT2D eigenvalue weighted by Gasteiger charge is -2.02. The van der Waals surface area contributed by atoms with Crippen LogP contribution in [0.4, 0.5) is 0 Å². The molecule has 2 nitrogen and oxygen atoms in total. The molecule has 0 aromatic heterocycles. The smallest absolute Gasteiger partial charge is 0.107 e. The topological polar surface area (TPSA) is 21.8 Å². The lowest BCUT2D eigenvalue weighted by Crippen LogP contribution is -2.08. The quantitative estimate of drug-likeness (QED) is 0.411. The van der Waals surface area contributed by atoms with Gasteiger partial charge in [-0.25, -0.2) is 0 Å². The third-order valence-electron chi connectivity index (χ3n) is 2.99. The van der Waals surface area contributed by atoms with Crippen molar-refractivity contribution in [2.75, 3.05) is 6.61 Å². The molecule has 0 bridgehead atoms. The number of ether oxygens (including phenoxy) is 2. The number of epoxide rings is 1. The average molecular weight is 279 g/mol. The Morgan fingerprint density at radius 2 is 2.11 bits per heavy atom. The van der Waals surface area contributed by atoms with Gasteiger partial charge in [-0.3, -0.25) is 0 Å². The summed E-state index contributed by atoms with van der Waals surface area (Å²) in [5.41, 5.74) is 1.18. The SMILES string of the molecule is C=C/C=C\C(Cl)CC1OC1COCc1ccccc1. The highest BCUT2D eigenvalue weighted by atomic mass is 35.5. The van der Waals surface area contributed by atoms with Crippen molar-refractivity contribution in [1.82, 2.24) is 0 Å². The highest BCUT2D eigenvalue weighted by molar-refractivity contribution is 6.21. The van der Waals surface area contributed by atoms with Crippen LogP contribution in [0, 0.1) is 0 Å².